The Labute approximate surface area is 141 Å². The maximum Gasteiger partial charge on any atom is 0.326 e. The zero-order valence-electron chi connectivity index (χ0n) is 14.2. The molecule has 6 nitrogen and oxygen atoms in total. The van der Waals surface area contributed by atoms with Crippen LogP contribution in [0.5, 0.6) is 11.5 Å². The van der Waals surface area contributed by atoms with Crippen molar-refractivity contribution in [2.24, 2.45) is 5.92 Å². The van der Waals surface area contributed by atoms with E-state index in [0.29, 0.717) is 30.3 Å². The van der Waals surface area contributed by atoms with Crippen LogP contribution in [-0.4, -0.2) is 41.1 Å². The van der Waals surface area contributed by atoms with Crippen molar-refractivity contribution >= 4 is 11.9 Å². The van der Waals surface area contributed by atoms with E-state index in [2.05, 4.69) is 0 Å². The third-order valence-electron chi connectivity index (χ3n) is 3.64. The van der Waals surface area contributed by atoms with Crippen LogP contribution in [0.4, 0.5) is 0 Å². The summed E-state index contributed by atoms with van der Waals surface area (Å²) in [5, 5.41) is 9.41. The molecule has 0 aromatic heterocycles. The number of hydrogen-bond donors (Lipinski definition) is 1. The number of nitrogens with zero attached hydrogens (tertiary/aromatic N) is 1. The minimum Gasteiger partial charge on any atom is -0.490 e. The Morgan fingerprint density at radius 3 is 2.54 bits per heavy atom. The second-order valence-corrected chi connectivity index (χ2v) is 6.04. The molecule has 0 fully saturated rings. The molecule has 0 saturated carbocycles. The van der Waals surface area contributed by atoms with Gasteiger partial charge in [-0.2, -0.15) is 0 Å². The van der Waals surface area contributed by atoms with E-state index in [1.54, 1.807) is 12.1 Å². The number of ether oxygens (including phenoxy) is 2. The Morgan fingerprint density at radius 1 is 1.29 bits per heavy atom. The first-order chi connectivity index (χ1) is 11.4. The lowest BCUT2D eigenvalue weighted by Gasteiger charge is -2.25. The zero-order chi connectivity index (χ0) is 17.7. The van der Waals surface area contributed by atoms with Gasteiger partial charge in [0.15, 0.2) is 11.5 Å². The van der Waals surface area contributed by atoms with Crippen molar-refractivity contribution in [2.75, 3.05) is 13.2 Å². The van der Waals surface area contributed by atoms with Gasteiger partial charge in [-0.1, -0.05) is 26.0 Å². The fourth-order valence-corrected chi connectivity index (χ4v) is 2.60. The lowest BCUT2D eigenvalue weighted by atomic mass is 10.0. The van der Waals surface area contributed by atoms with Crippen LogP contribution in [0.15, 0.2) is 36.1 Å². The predicted molar refractivity (Wildman–Crippen MR) is 88.9 cm³/mol. The highest BCUT2D eigenvalue weighted by atomic mass is 16.5. The molecule has 130 valence electrons. The summed E-state index contributed by atoms with van der Waals surface area (Å²) in [5.41, 5.74) is 0. The summed E-state index contributed by atoms with van der Waals surface area (Å²) in [7, 11) is 0. The molecule has 0 unspecified atom stereocenters. The van der Waals surface area contributed by atoms with Gasteiger partial charge in [-0.25, -0.2) is 4.79 Å². The van der Waals surface area contributed by atoms with Crippen LogP contribution >= 0.6 is 0 Å². The number of amides is 1. The normalized spacial score (nSPS) is 15.4. The summed E-state index contributed by atoms with van der Waals surface area (Å²) < 4.78 is 11.3. The number of benzene rings is 1. The van der Waals surface area contributed by atoms with Crippen LogP contribution in [0.2, 0.25) is 0 Å². The maximum atomic E-state index is 12.2. The van der Waals surface area contributed by atoms with Crippen LogP contribution in [0.3, 0.4) is 0 Å². The van der Waals surface area contributed by atoms with Gasteiger partial charge in [0.2, 0.25) is 0 Å². The van der Waals surface area contributed by atoms with Crippen molar-refractivity contribution in [3.63, 3.8) is 0 Å². The van der Waals surface area contributed by atoms with Gasteiger partial charge in [0, 0.05) is 6.08 Å². The third kappa shape index (κ3) is 4.28. The van der Waals surface area contributed by atoms with Crippen LogP contribution in [-0.2, 0) is 9.59 Å². The summed E-state index contributed by atoms with van der Waals surface area (Å²) in [6.45, 7) is 6.38. The minimum absolute atomic E-state index is 0.142. The molecule has 1 aromatic rings. The van der Waals surface area contributed by atoms with E-state index in [-0.39, 0.29) is 18.4 Å². The molecule has 24 heavy (non-hydrogen) atoms. The molecule has 2 rings (SSSR count). The molecule has 1 aliphatic rings. The second-order valence-electron chi connectivity index (χ2n) is 6.04. The number of aliphatic carboxylic acids is 1. The summed E-state index contributed by atoms with van der Waals surface area (Å²) in [4.78, 5) is 25.0. The van der Waals surface area contributed by atoms with E-state index in [4.69, 9.17) is 9.47 Å². The molecule has 1 N–H and O–H groups in total. The van der Waals surface area contributed by atoms with Crippen LogP contribution in [0.25, 0.3) is 0 Å². The third-order valence-corrected chi connectivity index (χ3v) is 3.64. The first kappa shape index (κ1) is 17.8. The first-order valence-electron chi connectivity index (χ1n) is 8.06. The van der Waals surface area contributed by atoms with Gasteiger partial charge >= 0.3 is 5.97 Å². The molecule has 0 spiro atoms. The molecule has 0 bridgehead atoms. The fraction of sp³-hybridized carbons (Fsp3) is 0.444. The molecule has 1 aliphatic heterocycles. The summed E-state index contributed by atoms with van der Waals surface area (Å²) in [6, 6.07) is 6.33. The van der Waals surface area contributed by atoms with Crippen molar-refractivity contribution in [1.29, 1.82) is 0 Å². The highest BCUT2D eigenvalue weighted by Crippen LogP contribution is 2.30. The SMILES string of the molecule is CCOc1ccccc1OC1=CC(=O)N([C@@H](CC(C)C)C(=O)O)C1. The van der Waals surface area contributed by atoms with E-state index in [0.717, 1.165) is 0 Å². The number of hydrogen-bond acceptors (Lipinski definition) is 4. The summed E-state index contributed by atoms with van der Waals surface area (Å²) in [5.74, 6) is 0.345. The molecular weight excluding hydrogens is 310 g/mol. The molecule has 0 aliphatic carbocycles. The van der Waals surface area contributed by atoms with Crippen molar-refractivity contribution in [1.82, 2.24) is 4.90 Å². The van der Waals surface area contributed by atoms with Gasteiger partial charge in [0.25, 0.3) is 5.91 Å². The molecule has 0 radical (unpaired) electrons. The Hall–Kier alpha value is -2.50. The Morgan fingerprint density at radius 2 is 1.96 bits per heavy atom. The van der Waals surface area contributed by atoms with Gasteiger partial charge in [-0.05, 0) is 31.4 Å². The average Bonchev–Trinajstić information content (AvgIpc) is 2.87. The quantitative estimate of drug-likeness (QED) is 0.791. The maximum absolute atomic E-state index is 12.2. The number of carbonyl (C=O) groups excluding carboxylic acids is 1. The van der Waals surface area contributed by atoms with Gasteiger partial charge in [0.1, 0.15) is 11.8 Å². The number of para-hydroxylation sites is 2. The minimum atomic E-state index is -0.999. The van der Waals surface area contributed by atoms with Gasteiger partial charge in [0.05, 0.1) is 13.2 Å². The smallest absolute Gasteiger partial charge is 0.326 e. The standard InChI is InChI=1S/C18H23NO5/c1-4-23-15-7-5-6-8-16(15)24-13-10-17(20)19(11-13)14(18(21)22)9-12(2)3/h5-8,10,12,14H,4,9,11H2,1-3H3,(H,21,22)/t14-/m0/s1. The van der Waals surface area contributed by atoms with Crippen molar-refractivity contribution in [3.05, 3.63) is 36.1 Å². The van der Waals surface area contributed by atoms with Crippen LogP contribution < -0.4 is 9.47 Å². The van der Waals surface area contributed by atoms with Crippen molar-refractivity contribution < 1.29 is 24.2 Å². The molecule has 1 amide bonds. The van der Waals surface area contributed by atoms with Crippen molar-refractivity contribution in [2.45, 2.75) is 33.2 Å². The van der Waals surface area contributed by atoms with E-state index in [9.17, 15) is 14.7 Å². The lowest BCUT2D eigenvalue weighted by Crippen LogP contribution is -2.43. The Balaban J connectivity index is 2.11. The highest BCUT2D eigenvalue weighted by Gasteiger charge is 2.34. The molecule has 1 heterocycles. The largest absolute Gasteiger partial charge is 0.490 e. The zero-order valence-corrected chi connectivity index (χ0v) is 14.2. The number of carboxylic acids is 1. The Bertz CT molecular complexity index is 638. The highest BCUT2D eigenvalue weighted by molar-refractivity contribution is 5.94. The van der Waals surface area contributed by atoms with Gasteiger partial charge in [-0.15, -0.1) is 0 Å². The monoisotopic (exact) mass is 333 g/mol. The van der Waals surface area contributed by atoms with Crippen LogP contribution in [0, 0.1) is 5.92 Å². The fourth-order valence-electron chi connectivity index (χ4n) is 2.60. The second kappa shape index (κ2) is 7.86. The number of rotatable bonds is 8. The van der Waals surface area contributed by atoms with Crippen molar-refractivity contribution in [3.8, 4) is 11.5 Å². The molecule has 1 atom stereocenters. The topological polar surface area (TPSA) is 76.1 Å². The Kier molecular flexibility index (Phi) is 5.84. The molecular formula is C18H23NO5. The van der Waals surface area contributed by atoms with Crippen LogP contribution in [0.1, 0.15) is 27.2 Å². The molecule has 1 aromatic carbocycles. The molecule has 0 saturated heterocycles. The lowest BCUT2D eigenvalue weighted by molar-refractivity contribution is -0.148. The number of carboxylic acid groups (broad SMARTS) is 1. The predicted octanol–water partition coefficient (Wildman–Crippen LogP) is 2.69. The summed E-state index contributed by atoms with van der Waals surface area (Å²) >= 11 is 0. The van der Waals surface area contributed by atoms with E-state index >= 15 is 0 Å². The average molecular weight is 333 g/mol. The van der Waals surface area contributed by atoms with E-state index in [1.807, 2.05) is 32.9 Å². The van der Waals surface area contributed by atoms with Gasteiger partial charge in [-0.3, -0.25) is 4.79 Å². The van der Waals surface area contributed by atoms with E-state index in [1.165, 1.54) is 11.0 Å². The summed E-state index contributed by atoms with van der Waals surface area (Å²) in [6.07, 6.45) is 1.75. The number of carbonyl (C=O) groups is 2. The first-order valence-corrected chi connectivity index (χ1v) is 8.06. The molecule has 6 heteroatoms. The van der Waals surface area contributed by atoms with E-state index < -0.39 is 12.0 Å². The van der Waals surface area contributed by atoms with Gasteiger partial charge < -0.3 is 19.5 Å².